The van der Waals surface area contributed by atoms with Crippen LogP contribution in [0, 0.1) is 6.92 Å². The van der Waals surface area contributed by atoms with Gasteiger partial charge in [0.25, 0.3) is 0 Å². The zero-order chi connectivity index (χ0) is 11.5. The van der Waals surface area contributed by atoms with Crippen LogP contribution in [0.25, 0.3) is 0 Å². The molecule has 2 aromatic rings. The highest BCUT2D eigenvalue weighted by Gasteiger charge is 2.01. The first-order valence-corrected chi connectivity index (χ1v) is 5.70. The van der Waals surface area contributed by atoms with Gasteiger partial charge in [-0.3, -0.25) is 0 Å². The van der Waals surface area contributed by atoms with Gasteiger partial charge in [-0.05, 0) is 52.7 Å². The van der Waals surface area contributed by atoms with Gasteiger partial charge >= 0.3 is 0 Å². The lowest BCUT2D eigenvalue weighted by atomic mass is 10.2. The first-order valence-electron chi connectivity index (χ1n) is 4.91. The number of pyridine rings is 1. The van der Waals surface area contributed by atoms with Crippen molar-refractivity contribution in [2.45, 2.75) is 6.92 Å². The average molecular weight is 278 g/mol. The second-order valence-electron chi connectivity index (χ2n) is 3.56. The molecule has 0 unspecified atom stereocenters. The zero-order valence-electron chi connectivity index (χ0n) is 8.87. The molecule has 3 nitrogen and oxygen atoms in total. The van der Waals surface area contributed by atoms with E-state index in [0.717, 1.165) is 16.0 Å². The second-order valence-corrected chi connectivity index (χ2v) is 4.41. The molecule has 0 aliphatic rings. The van der Waals surface area contributed by atoms with E-state index in [-0.39, 0.29) is 0 Å². The molecule has 1 heterocycles. The third kappa shape index (κ3) is 2.52. The Morgan fingerprint density at radius 3 is 2.81 bits per heavy atom. The summed E-state index contributed by atoms with van der Waals surface area (Å²) in [6.07, 6.45) is 0. The Kier molecular flexibility index (Phi) is 3.10. The van der Waals surface area contributed by atoms with E-state index in [2.05, 4.69) is 32.3 Å². The quantitative estimate of drug-likeness (QED) is 0.884. The van der Waals surface area contributed by atoms with E-state index in [4.69, 9.17) is 5.73 Å². The SMILES string of the molecule is Cc1ccc(Br)c(Nc2cccc(N)n2)c1. The number of nitrogen functional groups attached to an aromatic ring is 1. The summed E-state index contributed by atoms with van der Waals surface area (Å²) >= 11 is 3.48. The lowest BCUT2D eigenvalue weighted by molar-refractivity contribution is 1.31. The van der Waals surface area contributed by atoms with Crippen LogP contribution < -0.4 is 11.1 Å². The fourth-order valence-corrected chi connectivity index (χ4v) is 1.74. The summed E-state index contributed by atoms with van der Waals surface area (Å²) in [5.74, 6) is 1.25. The Balaban J connectivity index is 2.30. The second kappa shape index (κ2) is 4.53. The largest absolute Gasteiger partial charge is 0.384 e. The Bertz CT molecular complexity index is 511. The highest BCUT2D eigenvalue weighted by molar-refractivity contribution is 9.10. The number of aromatic nitrogens is 1. The molecule has 0 aliphatic carbocycles. The van der Waals surface area contributed by atoms with Crippen LogP contribution in [0.3, 0.4) is 0 Å². The molecule has 4 heteroatoms. The Morgan fingerprint density at radius 1 is 1.25 bits per heavy atom. The van der Waals surface area contributed by atoms with Gasteiger partial charge in [0.15, 0.2) is 0 Å². The van der Waals surface area contributed by atoms with E-state index in [1.807, 2.05) is 31.2 Å². The summed E-state index contributed by atoms with van der Waals surface area (Å²) in [6.45, 7) is 2.05. The standard InChI is InChI=1S/C12H12BrN3/c1-8-5-6-9(13)10(7-8)15-12-4-2-3-11(14)16-12/h2-7H,1H3,(H3,14,15,16). The summed E-state index contributed by atoms with van der Waals surface area (Å²) < 4.78 is 1.00. The molecular weight excluding hydrogens is 266 g/mol. The number of nitrogens with two attached hydrogens (primary N) is 1. The number of hydrogen-bond acceptors (Lipinski definition) is 3. The van der Waals surface area contributed by atoms with Crippen molar-refractivity contribution in [3.05, 3.63) is 46.4 Å². The molecule has 3 N–H and O–H groups in total. The van der Waals surface area contributed by atoms with Gasteiger partial charge in [-0.1, -0.05) is 12.1 Å². The maximum Gasteiger partial charge on any atom is 0.132 e. The fraction of sp³-hybridized carbons (Fsp3) is 0.0833. The molecule has 82 valence electrons. The van der Waals surface area contributed by atoms with Crippen molar-refractivity contribution in [1.82, 2.24) is 4.98 Å². The molecule has 0 spiro atoms. The van der Waals surface area contributed by atoms with Crippen molar-refractivity contribution >= 4 is 33.3 Å². The highest BCUT2D eigenvalue weighted by atomic mass is 79.9. The predicted molar refractivity (Wildman–Crippen MR) is 70.8 cm³/mol. The Labute approximate surface area is 103 Å². The minimum absolute atomic E-state index is 0.508. The number of halogens is 1. The molecule has 1 aromatic carbocycles. The van der Waals surface area contributed by atoms with Crippen LogP contribution >= 0.6 is 15.9 Å². The first kappa shape index (κ1) is 11.0. The van der Waals surface area contributed by atoms with Gasteiger partial charge in [-0.25, -0.2) is 4.98 Å². The molecular formula is C12H12BrN3. The molecule has 0 amide bonds. The van der Waals surface area contributed by atoms with Gasteiger partial charge in [0, 0.05) is 4.47 Å². The van der Waals surface area contributed by atoms with E-state index < -0.39 is 0 Å². The molecule has 2 rings (SSSR count). The summed E-state index contributed by atoms with van der Waals surface area (Å²) in [6, 6.07) is 11.6. The van der Waals surface area contributed by atoms with E-state index in [1.54, 1.807) is 6.07 Å². The number of anilines is 3. The molecule has 0 radical (unpaired) electrons. The van der Waals surface area contributed by atoms with Crippen LogP contribution in [0.15, 0.2) is 40.9 Å². The smallest absolute Gasteiger partial charge is 0.132 e. The normalized spacial score (nSPS) is 10.1. The topological polar surface area (TPSA) is 50.9 Å². The van der Waals surface area contributed by atoms with Crippen LogP contribution in [0.5, 0.6) is 0 Å². The van der Waals surface area contributed by atoms with Crippen LogP contribution in [0.2, 0.25) is 0 Å². The third-order valence-corrected chi connectivity index (χ3v) is 2.85. The monoisotopic (exact) mass is 277 g/mol. The van der Waals surface area contributed by atoms with Crippen molar-refractivity contribution < 1.29 is 0 Å². The average Bonchev–Trinajstić information content (AvgIpc) is 2.24. The Morgan fingerprint density at radius 2 is 2.06 bits per heavy atom. The van der Waals surface area contributed by atoms with Gasteiger partial charge in [0.1, 0.15) is 11.6 Å². The summed E-state index contributed by atoms with van der Waals surface area (Å²) in [5, 5.41) is 3.22. The molecule has 0 fully saturated rings. The third-order valence-electron chi connectivity index (χ3n) is 2.16. The van der Waals surface area contributed by atoms with Gasteiger partial charge in [0.2, 0.25) is 0 Å². The van der Waals surface area contributed by atoms with E-state index in [0.29, 0.717) is 5.82 Å². The van der Waals surface area contributed by atoms with Gasteiger partial charge < -0.3 is 11.1 Å². The van der Waals surface area contributed by atoms with Crippen molar-refractivity contribution in [2.24, 2.45) is 0 Å². The molecule has 1 aromatic heterocycles. The minimum Gasteiger partial charge on any atom is -0.384 e. The summed E-state index contributed by atoms with van der Waals surface area (Å²) in [5.41, 5.74) is 7.79. The Hall–Kier alpha value is -1.55. The molecule has 0 aliphatic heterocycles. The lowest BCUT2D eigenvalue weighted by Crippen LogP contribution is -1.97. The first-order chi connectivity index (χ1) is 7.65. The fourth-order valence-electron chi connectivity index (χ4n) is 1.39. The van der Waals surface area contributed by atoms with Crippen LogP contribution in [-0.2, 0) is 0 Å². The maximum absolute atomic E-state index is 5.62. The number of benzene rings is 1. The van der Waals surface area contributed by atoms with Crippen LogP contribution in [-0.4, -0.2) is 4.98 Å². The van der Waals surface area contributed by atoms with Crippen molar-refractivity contribution in [2.75, 3.05) is 11.1 Å². The van der Waals surface area contributed by atoms with Crippen molar-refractivity contribution in [3.8, 4) is 0 Å². The molecule has 0 saturated carbocycles. The molecule has 0 atom stereocenters. The summed E-state index contributed by atoms with van der Waals surface area (Å²) in [4.78, 5) is 4.19. The lowest BCUT2D eigenvalue weighted by Gasteiger charge is -2.08. The molecule has 16 heavy (non-hydrogen) atoms. The van der Waals surface area contributed by atoms with Crippen molar-refractivity contribution in [3.63, 3.8) is 0 Å². The summed E-state index contributed by atoms with van der Waals surface area (Å²) in [7, 11) is 0. The number of nitrogens with one attached hydrogen (secondary N) is 1. The zero-order valence-corrected chi connectivity index (χ0v) is 10.5. The number of hydrogen-bond donors (Lipinski definition) is 2. The van der Waals surface area contributed by atoms with Crippen LogP contribution in [0.4, 0.5) is 17.3 Å². The highest BCUT2D eigenvalue weighted by Crippen LogP contribution is 2.26. The van der Waals surface area contributed by atoms with Crippen LogP contribution in [0.1, 0.15) is 5.56 Å². The number of aryl methyl sites for hydroxylation is 1. The van der Waals surface area contributed by atoms with E-state index in [9.17, 15) is 0 Å². The van der Waals surface area contributed by atoms with Crippen molar-refractivity contribution in [1.29, 1.82) is 0 Å². The minimum atomic E-state index is 0.508. The number of nitrogens with zero attached hydrogens (tertiary/aromatic N) is 1. The van der Waals surface area contributed by atoms with E-state index >= 15 is 0 Å². The predicted octanol–water partition coefficient (Wildman–Crippen LogP) is 3.48. The van der Waals surface area contributed by atoms with Gasteiger partial charge in [0.05, 0.1) is 5.69 Å². The maximum atomic E-state index is 5.62. The van der Waals surface area contributed by atoms with E-state index in [1.165, 1.54) is 5.56 Å². The molecule has 0 bridgehead atoms. The number of rotatable bonds is 2. The van der Waals surface area contributed by atoms with Gasteiger partial charge in [-0.2, -0.15) is 0 Å². The molecule has 0 saturated heterocycles. The van der Waals surface area contributed by atoms with Gasteiger partial charge in [-0.15, -0.1) is 0 Å².